The maximum Gasteiger partial charge on any atom is 0.0762 e. The number of aliphatic hydroxyl groups excluding tert-OH is 4. The molecule has 2 atom stereocenters. The van der Waals surface area contributed by atoms with Gasteiger partial charge in [-0.3, -0.25) is 9.80 Å². The fraction of sp³-hybridized carbons (Fsp3) is 0.714. The highest BCUT2D eigenvalue weighted by Gasteiger charge is 2.22. The van der Waals surface area contributed by atoms with Crippen LogP contribution in [0.2, 0.25) is 0 Å². The number of hydrogen-bond acceptors (Lipinski definition) is 7. The Hall–Kier alpha value is -0.410. The zero-order valence-corrected chi connectivity index (χ0v) is 13.3. The van der Waals surface area contributed by atoms with Crippen LogP contribution in [0.3, 0.4) is 0 Å². The topological polar surface area (TPSA) is 87.4 Å². The minimum atomic E-state index is -0.104. The molecule has 0 aliphatic carbocycles. The Morgan fingerprint density at radius 1 is 0.714 bits per heavy atom. The van der Waals surface area contributed by atoms with Crippen molar-refractivity contribution >= 4 is 11.8 Å². The van der Waals surface area contributed by atoms with Gasteiger partial charge in [0.15, 0.2) is 0 Å². The van der Waals surface area contributed by atoms with Gasteiger partial charge in [0, 0.05) is 26.2 Å². The van der Waals surface area contributed by atoms with Gasteiger partial charge >= 0.3 is 0 Å². The highest BCUT2D eigenvalue weighted by atomic mass is 32.2. The fourth-order valence-corrected chi connectivity index (χ4v) is 3.24. The Bertz CT molecular complexity index is 244. The van der Waals surface area contributed by atoms with Gasteiger partial charge in [0.05, 0.1) is 37.2 Å². The van der Waals surface area contributed by atoms with Crippen molar-refractivity contribution in [1.82, 2.24) is 9.80 Å². The van der Waals surface area contributed by atoms with Gasteiger partial charge in [-0.1, -0.05) is 12.2 Å². The molecule has 6 nitrogen and oxygen atoms in total. The molecular weight excluding hydrogens is 292 g/mol. The summed E-state index contributed by atoms with van der Waals surface area (Å²) in [5, 5.41) is 36.2. The molecule has 0 aromatic rings. The maximum atomic E-state index is 9.11. The van der Waals surface area contributed by atoms with Gasteiger partial charge in [0.1, 0.15) is 0 Å². The monoisotopic (exact) mass is 320 g/mol. The first-order valence-corrected chi connectivity index (χ1v) is 7.94. The van der Waals surface area contributed by atoms with Crippen LogP contribution in [0.4, 0.5) is 0 Å². The van der Waals surface area contributed by atoms with E-state index in [0.717, 1.165) is 0 Å². The number of aliphatic hydroxyl groups is 4. The molecule has 7 heteroatoms. The van der Waals surface area contributed by atoms with Crippen LogP contribution >= 0.6 is 11.8 Å². The van der Waals surface area contributed by atoms with Crippen molar-refractivity contribution in [3.63, 3.8) is 0 Å². The molecule has 0 amide bonds. The highest BCUT2D eigenvalue weighted by Crippen LogP contribution is 2.25. The minimum absolute atomic E-state index is 0.000645. The number of hydrogen-bond donors (Lipinski definition) is 4. The minimum Gasteiger partial charge on any atom is -0.395 e. The summed E-state index contributed by atoms with van der Waals surface area (Å²) in [6.07, 6.45) is 3.51. The van der Waals surface area contributed by atoms with E-state index in [4.69, 9.17) is 20.4 Å². The third-order valence-corrected chi connectivity index (χ3v) is 4.49. The Morgan fingerprint density at radius 3 is 1.19 bits per heavy atom. The van der Waals surface area contributed by atoms with E-state index in [2.05, 4.69) is 13.2 Å². The molecule has 0 aromatic carbocycles. The van der Waals surface area contributed by atoms with Crippen LogP contribution in [0, 0.1) is 0 Å². The van der Waals surface area contributed by atoms with Crippen molar-refractivity contribution in [2.75, 3.05) is 52.6 Å². The molecular formula is C14H28N2O4S. The Balaban J connectivity index is 4.83. The average molecular weight is 320 g/mol. The lowest BCUT2D eigenvalue weighted by molar-refractivity contribution is 0.156. The van der Waals surface area contributed by atoms with Gasteiger partial charge < -0.3 is 20.4 Å². The molecule has 0 bridgehead atoms. The van der Waals surface area contributed by atoms with Gasteiger partial charge in [0.2, 0.25) is 0 Å². The Kier molecular flexibility index (Phi) is 13.0. The first-order valence-electron chi connectivity index (χ1n) is 7.00. The van der Waals surface area contributed by atoms with E-state index in [9.17, 15) is 0 Å². The summed E-state index contributed by atoms with van der Waals surface area (Å²) in [6.45, 7) is 9.37. The summed E-state index contributed by atoms with van der Waals surface area (Å²) in [4.78, 5) is 3.84. The molecule has 21 heavy (non-hydrogen) atoms. The molecule has 0 saturated carbocycles. The third kappa shape index (κ3) is 7.96. The van der Waals surface area contributed by atoms with Crippen LogP contribution < -0.4 is 0 Å². The molecule has 0 radical (unpaired) electrons. The summed E-state index contributed by atoms with van der Waals surface area (Å²) < 4.78 is 0. The van der Waals surface area contributed by atoms with Crippen molar-refractivity contribution in [2.45, 2.75) is 10.7 Å². The summed E-state index contributed by atoms with van der Waals surface area (Å²) >= 11 is 1.54. The molecule has 4 N–H and O–H groups in total. The molecule has 0 aliphatic rings. The van der Waals surface area contributed by atoms with Crippen LogP contribution in [0.15, 0.2) is 25.3 Å². The number of rotatable bonds is 14. The molecule has 0 spiro atoms. The summed E-state index contributed by atoms with van der Waals surface area (Å²) in [6, 6.07) is 0. The van der Waals surface area contributed by atoms with Crippen LogP contribution in [0.1, 0.15) is 0 Å². The third-order valence-electron chi connectivity index (χ3n) is 2.95. The first kappa shape index (κ1) is 20.6. The standard InChI is InChI=1S/C14H28N2O4S/c1-3-13(15(5-9-17)6-10-18)21-14(4-2)16(7-11-19)8-12-20/h3-4,13-14,17-20H,1-2,5-12H2. The van der Waals surface area contributed by atoms with E-state index >= 15 is 0 Å². The lowest BCUT2D eigenvalue weighted by Crippen LogP contribution is -2.42. The van der Waals surface area contributed by atoms with E-state index in [1.807, 2.05) is 9.80 Å². The van der Waals surface area contributed by atoms with Crippen LogP contribution in [0.5, 0.6) is 0 Å². The van der Waals surface area contributed by atoms with Gasteiger partial charge in [-0.2, -0.15) is 0 Å². The number of nitrogens with zero attached hydrogens (tertiary/aromatic N) is 2. The van der Waals surface area contributed by atoms with E-state index in [-0.39, 0.29) is 37.2 Å². The molecule has 0 heterocycles. The second-order valence-electron chi connectivity index (χ2n) is 4.35. The normalized spacial score (nSPS) is 14.4. The SMILES string of the molecule is C=CC(SC(C=C)N(CCO)CCO)N(CCO)CCO. The van der Waals surface area contributed by atoms with Crippen molar-refractivity contribution in [2.24, 2.45) is 0 Å². The zero-order valence-electron chi connectivity index (χ0n) is 12.5. The Morgan fingerprint density at radius 2 is 1.00 bits per heavy atom. The van der Waals surface area contributed by atoms with Crippen molar-refractivity contribution in [3.8, 4) is 0 Å². The fourth-order valence-electron chi connectivity index (χ4n) is 1.97. The van der Waals surface area contributed by atoms with E-state index in [1.54, 1.807) is 12.2 Å². The predicted octanol–water partition coefficient (Wildman–Crippen LogP) is -0.683. The second kappa shape index (κ2) is 13.3. The van der Waals surface area contributed by atoms with E-state index < -0.39 is 0 Å². The molecule has 0 rings (SSSR count). The summed E-state index contributed by atoms with van der Waals surface area (Å²) in [5.74, 6) is 0. The van der Waals surface area contributed by atoms with Crippen LogP contribution in [-0.2, 0) is 0 Å². The first-order chi connectivity index (χ1) is 10.2. The van der Waals surface area contributed by atoms with Crippen molar-refractivity contribution in [3.05, 3.63) is 25.3 Å². The Labute approximate surface area is 131 Å². The molecule has 0 saturated heterocycles. The van der Waals surface area contributed by atoms with Crippen molar-refractivity contribution in [1.29, 1.82) is 0 Å². The van der Waals surface area contributed by atoms with Crippen molar-refractivity contribution < 1.29 is 20.4 Å². The largest absolute Gasteiger partial charge is 0.395 e. The number of thioether (sulfide) groups is 1. The molecule has 0 aliphatic heterocycles. The van der Waals surface area contributed by atoms with Crippen LogP contribution in [-0.4, -0.2) is 93.6 Å². The van der Waals surface area contributed by atoms with Gasteiger partial charge in [-0.05, 0) is 0 Å². The quantitative estimate of drug-likeness (QED) is 0.249. The molecule has 0 fully saturated rings. The van der Waals surface area contributed by atoms with Gasteiger partial charge in [0.25, 0.3) is 0 Å². The highest BCUT2D eigenvalue weighted by molar-refractivity contribution is 8.00. The zero-order chi connectivity index (χ0) is 16.1. The van der Waals surface area contributed by atoms with E-state index in [0.29, 0.717) is 26.2 Å². The summed E-state index contributed by atoms with van der Waals surface area (Å²) in [7, 11) is 0. The average Bonchev–Trinajstić information content (AvgIpc) is 2.48. The van der Waals surface area contributed by atoms with Crippen LogP contribution in [0.25, 0.3) is 0 Å². The smallest absolute Gasteiger partial charge is 0.0762 e. The van der Waals surface area contributed by atoms with Gasteiger partial charge in [-0.25, -0.2) is 0 Å². The lowest BCUT2D eigenvalue weighted by Gasteiger charge is -2.34. The summed E-state index contributed by atoms with van der Waals surface area (Å²) in [5.41, 5.74) is 0. The van der Waals surface area contributed by atoms with E-state index in [1.165, 1.54) is 11.8 Å². The molecule has 2 unspecified atom stereocenters. The maximum absolute atomic E-state index is 9.11. The van der Waals surface area contributed by atoms with Gasteiger partial charge in [-0.15, -0.1) is 24.9 Å². The molecule has 0 aromatic heterocycles. The molecule has 124 valence electrons. The second-order valence-corrected chi connectivity index (χ2v) is 5.59. The lowest BCUT2D eigenvalue weighted by atomic mass is 10.4. The predicted molar refractivity (Wildman–Crippen MR) is 87.1 cm³/mol.